The number of nitro groups is 1. The maximum absolute atomic E-state index is 10.8. The highest BCUT2D eigenvalue weighted by atomic mass is 79.9. The zero-order valence-corrected chi connectivity index (χ0v) is 9.85. The quantitative estimate of drug-likeness (QED) is 0.676. The van der Waals surface area contributed by atoms with Gasteiger partial charge in [0.1, 0.15) is 5.75 Å². The number of hydrogen-bond donors (Lipinski definition) is 1. The van der Waals surface area contributed by atoms with Crippen LogP contribution in [0.3, 0.4) is 0 Å². The summed E-state index contributed by atoms with van der Waals surface area (Å²) in [6, 6.07) is 2.93. The smallest absolute Gasteiger partial charge is 0.308 e. The van der Waals surface area contributed by atoms with E-state index in [9.17, 15) is 14.9 Å². The van der Waals surface area contributed by atoms with E-state index < -0.39 is 17.3 Å². The Balaban J connectivity index is 3.42. The molecule has 0 unspecified atom stereocenters. The standard InChI is InChI=1S/C9H8BrNO5/c1-16-7-3-2-6(10)9(11(14)15)5(7)4-8(12)13/h2-3H,4H2,1H3,(H,12,13). The highest BCUT2D eigenvalue weighted by molar-refractivity contribution is 9.10. The van der Waals surface area contributed by atoms with Gasteiger partial charge in [-0.25, -0.2) is 0 Å². The number of nitro benzene ring substituents is 1. The average molecular weight is 290 g/mol. The number of rotatable bonds is 4. The molecule has 1 N–H and O–H groups in total. The van der Waals surface area contributed by atoms with E-state index in [4.69, 9.17) is 9.84 Å². The molecule has 0 aliphatic heterocycles. The minimum Gasteiger partial charge on any atom is -0.496 e. The fourth-order valence-electron chi connectivity index (χ4n) is 1.30. The van der Waals surface area contributed by atoms with Gasteiger partial charge in [0.2, 0.25) is 0 Å². The maximum Gasteiger partial charge on any atom is 0.308 e. The van der Waals surface area contributed by atoms with Crippen molar-refractivity contribution in [3.05, 3.63) is 32.3 Å². The van der Waals surface area contributed by atoms with Gasteiger partial charge in [-0.3, -0.25) is 14.9 Å². The highest BCUT2D eigenvalue weighted by Crippen LogP contribution is 2.35. The summed E-state index contributed by atoms with van der Waals surface area (Å²) < 4.78 is 5.13. The van der Waals surface area contributed by atoms with Crippen molar-refractivity contribution in [3.8, 4) is 5.75 Å². The number of carboxylic acids is 1. The third-order valence-electron chi connectivity index (χ3n) is 1.92. The molecule has 1 aromatic carbocycles. The fourth-order valence-corrected chi connectivity index (χ4v) is 1.82. The third-order valence-corrected chi connectivity index (χ3v) is 2.56. The van der Waals surface area contributed by atoms with Crippen molar-refractivity contribution in [2.75, 3.05) is 7.11 Å². The number of hydrogen-bond acceptors (Lipinski definition) is 4. The molecule has 0 saturated carbocycles. The number of aliphatic carboxylic acids is 1. The van der Waals surface area contributed by atoms with Gasteiger partial charge in [-0.2, -0.15) is 0 Å². The van der Waals surface area contributed by atoms with E-state index in [2.05, 4.69) is 15.9 Å². The average Bonchev–Trinajstić information content (AvgIpc) is 2.16. The van der Waals surface area contributed by atoms with Crippen LogP contribution in [0.15, 0.2) is 16.6 Å². The normalized spacial score (nSPS) is 9.88. The third kappa shape index (κ3) is 2.48. The Morgan fingerprint density at radius 3 is 2.69 bits per heavy atom. The number of benzene rings is 1. The lowest BCUT2D eigenvalue weighted by Crippen LogP contribution is -2.06. The molecule has 0 radical (unpaired) electrons. The van der Waals surface area contributed by atoms with Crippen molar-refractivity contribution in [2.45, 2.75) is 6.42 Å². The molecule has 7 heteroatoms. The first-order chi connectivity index (χ1) is 7.47. The molecule has 0 aliphatic rings. The fraction of sp³-hybridized carbons (Fsp3) is 0.222. The molecule has 0 atom stereocenters. The lowest BCUT2D eigenvalue weighted by molar-refractivity contribution is -0.386. The first-order valence-corrected chi connectivity index (χ1v) is 4.98. The van der Waals surface area contributed by atoms with Gasteiger partial charge in [0.05, 0.1) is 28.5 Å². The van der Waals surface area contributed by atoms with Gasteiger partial charge in [-0.05, 0) is 28.1 Å². The van der Waals surface area contributed by atoms with Crippen molar-refractivity contribution in [2.24, 2.45) is 0 Å². The van der Waals surface area contributed by atoms with Crippen LogP contribution in [-0.2, 0) is 11.2 Å². The summed E-state index contributed by atoms with van der Waals surface area (Å²) in [6.45, 7) is 0. The highest BCUT2D eigenvalue weighted by Gasteiger charge is 2.24. The van der Waals surface area contributed by atoms with E-state index in [1.165, 1.54) is 19.2 Å². The molecule has 16 heavy (non-hydrogen) atoms. The van der Waals surface area contributed by atoms with E-state index in [0.29, 0.717) is 0 Å². The summed E-state index contributed by atoms with van der Waals surface area (Å²) in [4.78, 5) is 20.8. The van der Waals surface area contributed by atoms with E-state index in [1.54, 1.807) is 0 Å². The summed E-state index contributed by atoms with van der Waals surface area (Å²) in [6.07, 6.45) is -0.459. The maximum atomic E-state index is 10.8. The first kappa shape index (κ1) is 12.4. The van der Waals surface area contributed by atoms with E-state index in [0.717, 1.165) is 0 Å². The SMILES string of the molecule is COc1ccc(Br)c([N+](=O)[O-])c1CC(=O)O. The molecule has 0 aliphatic carbocycles. The van der Waals surface area contributed by atoms with Crippen molar-refractivity contribution < 1.29 is 19.6 Å². The molecule has 0 fully saturated rings. The number of ether oxygens (including phenoxy) is 1. The Bertz CT molecular complexity index is 446. The summed E-state index contributed by atoms with van der Waals surface area (Å²) >= 11 is 3.01. The molecule has 0 heterocycles. The predicted molar refractivity (Wildman–Crippen MR) is 58.7 cm³/mol. The van der Waals surface area contributed by atoms with Crippen LogP contribution in [0, 0.1) is 10.1 Å². The van der Waals surface area contributed by atoms with Crippen LogP contribution < -0.4 is 4.74 Å². The van der Waals surface area contributed by atoms with Gasteiger partial charge in [-0.15, -0.1) is 0 Å². The largest absolute Gasteiger partial charge is 0.496 e. The molecular weight excluding hydrogens is 282 g/mol. The van der Waals surface area contributed by atoms with Crippen LogP contribution >= 0.6 is 15.9 Å². The summed E-state index contributed by atoms with van der Waals surface area (Å²) in [5, 5.41) is 19.5. The van der Waals surface area contributed by atoms with Gasteiger partial charge in [0.25, 0.3) is 5.69 Å². The Kier molecular flexibility index (Phi) is 3.83. The predicted octanol–water partition coefficient (Wildman–Crippen LogP) is 1.99. The molecule has 1 aromatic rings. The summed E-state index contributed by atoms with van der Waals surface area (Å²) in [5.41, 5.74) is -0.226. The van der Waals surface area contributed by atoms with Crippen LogP contribution in [0.4, 0.5) is 5.69 Å². The minimum atomic E-state index is -1.15. The molecule has 0 aromatic heterocycles. The second-order valence-corrected chi connectivity index (χ2v) is 3.76. The number of carboxylic acid groups (broad SMARTS) is 1. The van der Waals surface area contributed by atoms with Crippen molar-refractivity contribution in [1.82, 2.24) is 0 Å². The molecular formula is C9H8BrNO5. The monoisotopic (exact) mass is 289 g/mol. The van der Waals surface area contributed by atoms with Gasteiger partial charge < -0.3 is 9.84 Å². The summed E-state index contributed by atoms with van der Waals surface area (Å²) in [5.74, 6) is -0.961. The van der Waals surface area contributed by atoms with Gasteiger partial charge >= 0.3 is 5.97 Å². The number of methoxy groups -OCH3 is 1. The molecule has 86 valence electrons. The van der Waals surface area contributed by atoms with Gasteiger partial charge in [-0.1, -0.05) is 0 Å². The van der Waals surface area contributed by atoms with Crippen LogP contribution in [0.25, 0.3) is 0 Å². The van der Waals surface area contributed by atoms with Crippen LogP contribution in [0.5, 0.6) is 5.75 Å². The van der Waals surface area contributed by atoms with Gasteiger partial charge in [0, 0.05) is 0 Å². The Morgan fingerprint density at radius 1 is 1.62 bits per heavy atom. The van der Waals surface area contributed by atoms with E-state index in [-0.39, 0.29) is 21.5 Å². The Hall–Kier alpha value is -1.63. The minimum absolute atomic E-state index is 0.0503. The molecule has 0 saturated heterocycles. The molecule has 1 rings (SSSR count). The number of nitrogens with zero attached hydrogens (tertiary/aromatic N) is 1. The van der Waals surface area contributed by atoms with E-state index in [1.807, 2.05) is 0 Å². The van der Waals surface area contributed by atoms with Crippen molar-refractivity contribution in [1.29, 1.82) is 0 Å². The second kappa shape index (κ2) is 4.93. The lowest BCUT2D eigenvalue weighted by Gasteiger charge is -2.08. The Labute approximate surface area is 99.1 Å². The van der Waals surface area contributed by atoms with Crippen molar-refractivity contribution >= 4 is 27.6 Å². The van der Waals surface area contributed by atoms with E-state index >= 15 is 0 Å². The molecule has 0 amide bonds. The topological polar surface area (TPSA) is 89.7 Å². The number of carbonyl (C=O) groups is 1. The van der Waals surface area contributed by atoms with Crippen LogP contribution in [0.1, 0.15) is 5.56 Å². The van der Waals surface area contributed by atoms with Crippen molar-refractivity contribution in [3.63, 3.8) is 0 Å². The Morgan fingerprint density at radius 2 is 2.25 bits per heavy atom. The zero-order chi connectivity index (χ0) is 12.3. The lowest BCUT2D eigenvalue weighted by atomic mass is 10.1. The van der Waals surface area contributed by atoms with Crippen LogP contribution in [-0.4, -0.2) is 23.1 Å². The first-order valence-electron chi connectivity index (χ1n) is 4.19. The summed E-state index contributed by atoms with van der Waals surface area (Å²) in [7, 11) is 1.33. The molecule has 0 bridgehead atoms. The van der Waals surface area contributed by atoms with Gasteiger partial charge in [0.15, 0.2) is 0 Å². The zero-order valence-electron chi connectivity index (χ0n) is 8.27. The van der Waals surface area contributed by atoms with Crippen LogP contribution in [0.2, 0.25) is 0 Å². The molecule has 6 nitrogen and oxygen atoms in total. The number of halogens is 1. The molecule has 0 spiro atoms. The second-order valence-electron chi connectivity index (χ2n) is 2.90.